The normalized spacial score (nSPS) is 12.5. The fourth-order valence-electron chi connectivity index (χ4n) is 1.60. The summed E-state index contributed by atoms with van der Waals surface area (Å²) in [7, 11) is 1.90. The molecule has 1 atom stereocenters. The number of carbonyl (C=O) groups excluding carboxylic acids is 1. The van der Waals surface area contributed by atoms with Gasteiger partial charge in [0, 0.05) is 25.3 Å². The van der Waals surface area contributed by atoms with Gasteiger partial charge in [-0.1, -0.05) is 6.92 Å². The van der Waals surface area contributed by atoms with E-state index in [0.29, 0.717) is 18.3 Å². The first kappa shape index (κ1) is 12.8. The molecule has 4 heteroatoms. The molecule has 0 spiro atoms. The number of hydrogen-bond acceptors (Lipinski definition) is 2. The highest BCUT2D eigenvalue weighted by molar-refractivity contribution is 5.92. The van der Waals surface area contributed by atoms with Crippen molar-refractivity contribution in [3.63, 3.8) is 0 Å². The zero-order valence-electron chi connectivity index (χ0n) is 10.5. The van der Waals surface area contributed by atoms with Gasteiger partial charge in [0.15, 0.2) is 0 Å². The molecule has 0 bridgehead atoms. The fraction of sp³-hybridized carbons (Fsp3) is 0.583. The second-order valence-electron chi connectivity index (χ2n) is 4.09. The summed E-state index contributed by atoms with van der Waals surface area (Å²) in [5, 5.41) is 6.17. The lowest BCUT2D eigenvalue weighted by molar-refractivity contribution is 0.0942. The Balaban J connectivity index is 2.50. The fourth-order valence-corrected chi connectivity index (χ4v) is 1.60. The highest BCUT2D eigenvalue weighted by Crippen LogP contribution is 2.05. The van der Waals surface area contributed by atoms with Crippen LogP contribution in [-0.4, -0.2) is 29.6 Å². The molecule has 0 aliphatic rings. The van der Waals surface area contributed by atoms with Crippen molar-refractivity contribution in [2.24, 2.45) is 7.05 Å². The summed E-state index contributed by atoms with van der Waals surface area (Å²) in [4.78, 5) is 11.8. The third-order valence-corrected chi connectivity index (χ3v) is 2.73. The SMILES string of the molecule is CCN[C@H](C)CNC(=O)c1ccc(C)n1C. The Morgan fingerprint density at radius 2 is 2.19 bits per heavy atom. The van der Waals surface area contributed by atoms with Crippen LogP contribution in [0.5, 0.6) is 0 Å². The molecule has 1 rings (SSSR count). The van der Waals surface area contributed by atoms with Gasteiger partial charge in [-0.2, -0.15) is 0 Å². The van der Waals surface area contributed by atoms with Gasteiger partial charge in [0.1, 0.15) is 5.69 Å². The maximum Gasteiger partial charge on any atom is 0.267 e. The Morgan fingerprint density at radius 3 is 2.69 bits per heavy atom. The summed E-state index contributed by atoms with van der Waals surface area (Å²) in [6, 6.07) is 4.10. The van der Waals surface area contributed by atoms with E-state index in [2.05, 4.69) is 24.5 Å². The van der Waals surface area contributed by atoms with Crippen LogP contribution in [-0.2, 0) is 7.05 Å². The topological polar surface area (TPSA) is 46.1 Å². The van der Waals surface area contributed by atoms with Crippen molar-refractivity contribution in [1.29, 1.82) is 0 Å². The Kier molecular flexibility index (Phi) is 4.55. The molecule has 0 unspecified atom stereocenters. The Labute approximate surface area is 97.0 Å². The van der Waals surface area contributed by atoms with E-state index in [4.69, 9.17) is 0 Å². The summed E-state index contributed by atoms with van der Waals surface area (Å²) in [6.45, 7) is 7.66. The van der Waals surface area contributed by atoms with E-state index in [1.807, 2.05) is 30.7 Å². The molecule has 0 radical (unpaired) electrons. The van der Waals surface area contributed by atoms with Crippen LogP contribution in [0.1, 0.15) is 30.0 Å². The van der Waals surface area contributed by atoms with Gasteiger partial charge in [-0.3, -0.25) is 4.79 Å². The Bertz CT molecular complexity index is 357. The number of rotatable bonds is 5. The molecule has 0 aliphatic carbocycles. The first-order valence-corrected chi connectivity index (χ1v) is 5.70. The maximum absolute atomic E-state index is 11.8. The zero-order chi connectivity index (χ0) is 12.1. The summed E-state index contributed by atoms with van der Waals surface area (Å²) < 4.78 is 1.90. The highest BCUT2D eigenvalue weighted by atomic mass is 16.1. The van der Waals surface area contributed by atoms with E-state index < -0.39 is 0 Å². The van der Waals surface area contributed by atoms with Crippen LogP contribution < -0.4 is 10.6 Å². The van der Waals surface area contributed by atoms with Gasteiger partial charge in [0.05, 0.1) is 0 Å². The van der Waals surface area contributed by atoms with Crippen LogP contribution in [0.15, 0.2) is 12.1 Å². The monoisotopic (exact) mass is 223 g/mol. The third kappa shape index (κ3) is 3.10. The molecule has 0 fully saturated rings. The van der Waals surface area contributed by atoms with Crippen molar-refractivity contribution in [2.45, 2.75) is 26.8 Å². The summed E-state index contributed by atoms with van der Waals surface area (Å²) in [5.41, 5.74) is 1.80. The highest BCUT2D eigenvalue weighted by Gasteiger charge is 2.11. The third-order valence-electron chi connectivity index (χ3n) is 2.73. The van der Waals surface area contributed by atoms with Gasteiger partial charge >= 0.3 is 0 Å². The van der Waals surface area contributed by atoms with Crippen LogP contribution in [0.25, 0.3) is 0 Å². The van der Waals surface area contributed by atoms with Crippen molar-refractivity contribution < 1.29 is 4.79 Å². The number of amides is 1. The first-order valence-electron chi connectivity index (χ1n) is 5.70. The molecule has 90 valence electrons. The molecule has 0 aliphatic heterocycles. The summed E-state index contributed by atoms with van der Waals surface area (Å²) >= 11 is 0. The lowest BCUT2D eigenvalue weighted by Crippen LogP contribution is -2.39. The molecule has 0 saturated carbocycles. The number of carbonyl (C=O) groups is 1. The largest absolute Gasteiger partial charge is 0.349 e. The number of nitrogens with zero attached hydrogens (tertiary/aromatic N) is 1. The van der Waals surface area contributed by atoms with E-state index in [0.717, 1.165) is 12.2 Å². The molecule has 0 saturated heterocycles. The van der Waals surface area contributed by atoms with Crippen LogP contribution in [0, 0.1) is 6.92 Å². The second kappa shape index (κ2) is 5.70. The van der Waals surface area contributed by atoms with Gasteiger partial charge in [0.2, 0.25) is 0 Å². The molecule has 1 heterocycles. The van der Waals surface area contributed by atoms with Crippen LogP contribution in [0.3, 0.4) is 0 Å². The van der Waals surface area contributed by atoms with Gasteiger partial charge in [-0.05, 0) is 32.5 Å². The molecule has 16 heavy (non-hydrogen) atoms. The smallest absolute Gasteiger partial charge is 0.267 e. The van der Waals surface area contributed by atoms with Crippen molar-refractivity contribution >= 4 is 5.91 Å². The van der Waals surface area contributed by atoms with Crippen LogP contribution in [0.4, 0.5) is 0 Å². The van der Waals surface area contributed by atoms with E-state index in [-0.39, 0.29) is 5.91 Å². The predicted octanol–water partition coefficient (Wildman–Crippen LogP) is 1.06. The minimum Gasteiger partial charge on any atom is -0.349 e. The molecule has 1 aromatic rings. The van der Waals surface area contributed by atoms with Gasteiger partial charge in [-0.15, -0.1) is 0 Å². The molecule has 0 aromatic carbocycles. The Hall–Kier alpha value is -1.29. The average Bonchev–Trinajstić information content (AvgIpc) is 2.57. The molecule has 1 amide bonds. The molecular formula is C12H21N3O. The van der Waals surface area contributed by atoms with Gasteiger partial charge < -0.3 is 15.2 Å². The van der Waals surface area contributed by atoms with E-state index in [1.165, 1.54) is 0 Å². The number of aromatic nitrogens is 1. The van der Waals surface area contributed by atoms with Crippen LogP contribution in [0.2, 0.25) is 0 Å². The van der Waals surface area contributed by atoms with Crippen molar-refractivity contribution in [2.75, 3.05) is 13.1 Å². The van der Waals surface area contributed by atoms with E-state index >= 15 is 0 Å². The number of hydrogen-bond donors (Lipinski definition) is 2. The average molecular weight is 223 g/mol. The quantitative estimate of drug-likeness (QED) is 0.784. The maximum atomic E-state index is 11.8. The van der Waals surface area contributed by atoms with Crippen molar-refractivity contribution in [3.05, 3.63) is 23.5 Å². The molecule has 2 N–H and O–H groups in total. The van der Waals surface area contributed by atoms with Gasteiger partial charge in [0.25, 0.3) is 5.91 Å². The standard InChI is InChI=1S/C12H21N3O/c1-5-13-9(2)8-14-12(16)11-7-6-10(3)15(11)4/h6-7,9,13H,5,8H2,1-4H3,(H,14,16)/t9-/m1/s1. The minimum atomic E-state index is -0.0136. The minimum absolute atomic E-state index is 0.0136. The van der Waals surface area contributed by atoms with Crippen LogP contribution >= 0.6 is 0 Å². The Morgan fingerprint density at radius 1 is 1.50 bits per heavy atom. The van der Waals surface area contributed by atoms with E-state index in [1.54, 1.807) is 0 Å². The second-order valence-corrected chi connectivity index (χ2v) is 4.09. The van der Waals surface area contributed by atoms with E-state index in [9.17, 15) is 4.79 Å². The van der Waals surface area contributed by atoms with Gasteiger partial charge in [-0.25, -0.2) is 0 Å². The summed E-state index contributed by atoms with van der Waals surface area (Å²) in [5.74, 6) is -0.0136. The number of likely N-dealkylation sites (N-methyl/N-ethyl adjacent to an activating group) is 1. The predicted molar refractivity (Wildman–Crippen MR) is 65.6 cm³/mol. The summed E-state index contributed by atoms with van der Waals surface area (Å²) in [6.07, 6.45) is 0. The number of nitrogens with one attached hydrogen (secondary N) is 2. The van der Waals surface area contributed by atoms with Crippen molar-refractivity contribution in [1.82, 2.24) is 15.2 Å². The lowest BCUT2D eigenvalue weighted by Gasteiger charge is -2.13. The molecule has 1 aromatic heterocycles. The zero-order valence-corrected chi connectivity index (χ0v) is 10.5. The number of aryl methyl sites for hydroxylation is 1. The van der Waals surface area contributed by atoms with Crippen molar-refractivity contribution in [3.8, 4) is 0 Å². The molecule has 4 nitrogen and oxygen atoms in total. The lowest BCUT2D eigenvalue weighted by atomic mass is 10.3. The first-order chi connectivity index (χ1) is 7.56. The molecular weight excluding hydrogens is 202 g/mol.